The minimum absolute atomic E-state index is 0.0549. The van der Waals surface area contributed by atoms with Gasteiger partial charge in [0.1, 0.15) is 6.61 Å². The van der Waals surface area contributed by atoms with E-state index in [0.29, 0.717) is 10.6 Å². The summed E-state index contributed by atoms with van der Waals surface area (Å²) in [6, 6.07) is 4.74. The van der Waals surface area contributed by atoms with Crippen molar-refractivity contribution in [3.63, 3.8) is 0 Å². The molecule has 0 aromatic heterocycles. The molecule has 0 spiro atoms. The molecule has 1 aromatic rings. The molecule has 0 N–H and O–H groups in total. The summed E-state index contributed by atoms with van der Waals surface area (Å²) in [7, 11) is -2.33. The van der Waals surface area contributed by atoms with Gasteiger partial charge in [0.05, 0.1) is 18.1 Å². The first-order chi connectivity index (χ1) is 9.43. The molecule has 1 heterocycles. The Bertz CT molecular complexity index is 709. The molecular weight excluding hydrogens is 306 g/mol. The Labute approximate surface area is 120 Å². The third-order valence-corrected chi connectivity index (χ3v) is 3.76. The Kier molecular flexibility index (Phi) is 4.10. The van der Waals surface area contributed by atoms with Crippen LogP contribution in [0.25, 0.3) is 0 Å². The SMILES string of the molecule is COC(=O)c1cccc(Cl)c1COC1=NS(=O)(=O)C=C1. The zero-order valence-corrected chi connectivity index (χ0v) is 11.9. The maximum Gasteiger partial charge on any atom is 0.338 e. The van der Waals surface area contributed by atoms with Gasteiger partial charge in [0.15, 0.2) is 0 Å². The van der Waals surface area contributed by atoms with E-state index in [-0.39, 0.29) is 18.1 Å². The first kappa shape index (κ1) is 14.5. The van der Waals surface area contributed by atoms with Gasteiger partial charge in [-0.2, -0.15) is 8.42 Å². The summed E-state index contributed by atoms with van der Waals surface area (Å²) in [5.41, 5.74) is 0.659. The zero-order chi connectivity index (χ0) is 14.8. The zero-order valence-electron chi connectivity index (χ0n) is 10.4. The first-order valence-electron chi connectivity index (χ1n) is 5.44. The lowest BCUT2D eigenvalue weighted by atomic mass is 10.1. The van der Waals surface area contributed by atoms with E-state index in [1.54, 1.807) is 18.2 Å². The number of methoxy groups -OCH3 is 1. The molecule has 0 unspecified atom stereocenters. The fraction of sp³-hybridized carbons (Fsp3) is 0.167. The quantitative estimate of drug-likeness (QED) is 0.796. The van der Waals surface area contributed by atoms with Gasteiger partial charge >= 0.3 is 5.97 Å². The predicted octanol–water partition coefficient (Wildman–Crippen LogP) is 1.90. The highest BCUT2D eigenvalue weighted by atomic mass is 35.5. The lowest BCUT2D eigenvalue weighted by Gasteiger charge is -2.10. The number of hydrogen-bond acceptors (Lipinski definition) is 5. The monoisotopic (exact) mass is 315 g/mol. The van der Waals surface area contributed by atoms with Gasteiger partial charge < -0.3 is 9.47 Å². The van der Waals surface area contributed by atoms with Gasteiger partial charge in [-0.15, -0.1) is 4.40 Å². The average Bonchev–Trinajstić information content (AvgIpc) is 2.75. The average molecular weight is 316 g/mol. The summed E-state index contributed by atoms with van der Waals surface area (Å²) in [6.07, 6.45) is 1.23. The van der Waals surface area contributed by atoms with Crippen molar-refractivity contribution in [2.45, 2.75) is 6.61 Å². The third-order valence-electron chi connectivity index (χ3n) is 2.49. The summed E-state index contributed by atoms with van der Waals surface area (Å²) >= 11 is 6.01. The molecule has 0 amide bonds. The van der Waals surface area contributed by atoms with Gasteiger partial charge in [-0.25, -0.2) is 4.79 Å². The molecule has 0 saturated carbocycles. The summed E-state index contributed by atoms with van der Waals surface area (Å²) in [5.74, 6) is -0.608. The Morgan fingerprint density at radius 2 is 2.15 bits per heavy atom. The van der Waals surface area contributed by atoms with E-state index in [1.165, 1.54) is 13.2 Å². The molecule has 2 rings (SSSR count). The number of sulfonamides is 1. The second kappa shape index (κ2) is 5.64. The second-order valence-corrected chi connectivity index (χ2v) is 5.69. The minimum Gasteiger partial charge on any atom is -0.472 e. The highest BCUT2D eigenvalue weighted by Crippen LogP contribution is 2.22. The van der Waals surface area contributed by atoms with E-state index in [2.05, 4.69) is 9.13 Å². The molecule has 1 aromatic carbocycles. The Morgan fingerprint density at radius 1 is 1.40 bits per heavy atom. The Balaban J connectivity index is 2.22. The number of rotatable bonds is 3. The fourth-order valence-corrected chi connectivity index (χ4v) is 2.50. The van der Waals surface area contributed by atoms with Crippen LogP contribution in [0.1, 0.15) is 15.9 Å². The number of benzene rings is 1. The van der Waals surface area contributed by atoms with Crippen LogP contribution in [-0.2, 0) is 26.1 Å². The van der Waals surface area contributed by atoms with Crippen molar-refractivity contribution < 1.29 is 22.7 Å². The third kappa shape index (κ3) is 3.17. The van der Waals surface area contributed by atoms with Crippen LogP contribution < -0.4 is 0 Å². The Hall–Kier alpha value is -1.86. The topological polar surface area (TPSA) is 82.0 Å². The van der Waals surface area contributed by atoms with Crippen LogP contribution in [-0.4, -0.2) is 27.4 Å². The van der Waals surface area contributed by atoms with Gasteiger partial charge in [0.2, 0.25) is 5.90 Å². The highest BCUT2D eigenvalue weighted by Gasteiger charge is 2.18. The van der Waals surface area contributed by atoms with Crippen molar-refractivity contribution in [3.8, 4) is 0 Å². The number of esters is 1. The van der Waals surface area contributed by atoms with Crippen LogP contribution in [0.2, 0.25) is 5.02 Å². The molecule has 0 bridgehead atoms. The molecular formula is C12H10ClNO5S. The summed E-state index contributed by atoms with van der Waals surface area (Å²) in [4.78, 5) is 11.6. The van der Waals surface area contributed by atoms with Crippen molar-refractivity contribution in [2.75, 3.05) is 7.11 Å². The van der Waals surface area contributed by atoms with Gasteiger partial charge in [-0.3, -0.25) is 0 Å². The molecule has 6 nitrogen and oxygen atoms in total. The van der Waals surface area contributed by atoms with E-state index < -0.39 is 16.0 Å². The Morgan fingerprint density at radius 3 is 2.75 bits per heavy atom. The summed E-state index contributed by atoms with van der Waals surface area (Å²) in [5, 5.41) is 1.24. The highest BCUT2D eigenvalue weighted by molar-refractivity contribution is 7.93. The molecule has 0 radical (unpaired) electrons. The van der Waals surface area contributed by atoms with E-state index in [0.717, 1.165) is 5.41 Å². The molecule has 0 fully saturated rings. The van der Waals surface area contributed by atoms with Crippen LogP contribution >= 0.6 is 11.6 Å². The first-order valence-corrected chi connectivity index (χ1v) is 7.32. The van der Waals surface area contributed by atoms with Crippen LogP contribution in [0.5, 0.6) is 0 Å². The number of carbonyl (C=O) groups excluding carboxylic acids is 1. The number of ether oxygens (including phenoxy) is 2. The molecule has 8 heteroatoms. The lowest BCUT2D eigenvalue weighted by Crippen LogP contribution is -2.09. The van der Waals surface area contributed by atoms with Crippen molar-refractivity contribution in [1.29, 1.82) is 0 Å². The molecule has 0 saturated heterocycles. The van der Waals surface area contributed by atoms with Crippen LogP contribution in [0.3, 0.4) is 0 Å². The smallest absolute Gasteiger partial charge is 0.338 e. The predicted molar refractivity (Wildman–Crippen MR) is 73.1 cm³/mol. The van der Waals surface area contributed by atoms with Gasteiger partial charge in [0, 0.05) is 16.7 Å². The number of carbonyl (C=O) groups is 1. The van der Waals surface area contributed by atoms with E-state index >= 15 is 0 Å². The largest absolute Gasteiger partial charge is 0.472 e. The van der Waals surface area contributed by atoms with Crippen molar-refractivity contribution >= 4 is 33.5 Å². The van der Waals surface area contributed by atoms with Crippen molar-refractivity contribution in [1.82, 2.24) is 0 Å². The number of halogens is 1. The fourth-order valence-electron chi connectivity index (χ4n) is 1.56. The minimum atomic E-state index is -3.58. The van der Waals surface area contributed by atoms with Crippen LogP contribution in [0, 0.1) is 0 Å². The van der Waals surface area contributed by atoms with Crippen LogP contribution in [0.15, 0.2) is 34.1 Å². The summed E-state index contributed by atoms with van der Waals surface area (Å²) < 4.78 is 35.4. The number of nitrogens with zero attached hydrogens (tertiary/aromatic N) is 1. The summed E-state index contributed by atoms with van der Waals surface area (Å²) in [6.45, 7) is -0.0944. The molecule has 106 valence electrons. The van der Waals surface area contributed by atoms with Gasteiger partial charge in [0.25, 0.3) is 10.0 Å². The number of hydrogen-bond donors (Lipinski definition) is 0. The maximum absolute atomic E-state index is 11.6. The standard InChI is InChI=1S/C12H10ClNO5S/c1-18-12(15)8-3-2-4-10(13)9(8)7-19-11-5-6-20(16,17)14-11/h2-6H,7H2,1H3. The van der Waals surface area contributed by atoms with Gasteiger partial charge in [-0.1, -0.05) is 17.7 Å². The molecule has 0 aliphatic carbocycles. The van der Waals surface area contributed by atoms with E-state index in [9.17, 15) is 13.2 Å². The van der Waals surface area contributed by atoms with Crippen LogP contribution in [0.4, 0.5) is 0 Å². The molecule has 20 heavy (non-hydrogen) atoms. The van der Waals surface area contributed by atoms with E-state index in [4.69, 9.17) is 16.3 Å². The normalized spacial score (nSPS) is 15.8. The van der Waals surface area contributed by atoms with Gasteiger partial charge in [-0.05, 0) is 12.1 Å². The van der Waals surface area contributed by atoms with Crippen molar-refractivity contribution in [3.05, 3.63) is 45.8 Å². The lowest BCUT2D eigenvalue weighted by molar-refractivity contribution is 0.0597. The van der Waals surface area contributed by atoms with Crippen molar-refractivity contribution in [2.24, 2.45) is 4.40 Å². The maximum atomic E-state index is 11.6. The molecule has 1 aliphatic heterocycles. The second-order valence-electron chi connectivity index (χ2n) is 3.79. The molecule has 1 aliphatic rings. The van der Waals surface area contributed by atoms with E-state index in [1.807, 2.05) is 0 Å². The molecule has 0 atom stereocenters.